The predicted octanol–water partition coefficient (Wildman–Crippen LogP) is 1.41. The summed E-state index contributed by atoms with van der Waals surface area (Å²) in [5.74, 6) is -1.77. The summed E-state index contributed by atoms with van der Waals surface area (Å²) in [5.41, 5.74) is -0.403. The van der Waals surface area contributed by atoms with E-state index < -0.39 is 11.7 Å². The van der Waals surface area contributed by atoms with Crippen LogP contribution < -0.4 is 5.76 Å². The van der Waals surface area contributed by atoms with Gasteiger partial charge in [0.25, 0.3) is 0 Å². The van der Waals surface area contributed by atoms with Gasteiger partial charge in [-0.1, -0.05) is 0 Å². The van der Waals surface area contributed by atoms with E-state index >= 15 is 0 Å². The molecule has 0 bridgehead atoms. The zero-order valence-electron chi connectivity index (χ0n) is 10.2. The molecule has 0 atom stereocenters. The van der Waals surface area contributed by atoms with Crippen LogP contribution in [0.25, 0.3) is 0 Å². The largest absolute Gasteiger partial charge is 0.476 e. The highest BCUT2D eigenvalue weighted by atomic mass is 16.5. The Morgan fingerprint density at radius 3 is 2.65 bits per heavy atom. The van der Waals surface area contributed by atoms with Crippen molar-refractivity contribution in [2.45, 2.75) is 39.2 Å². The fourth-order valence-electron chi connectivity index (χ4n) is 1.32. The van der Waals surface area contributed by atoms with Gasteiger partial charge in [0.1, 0.15) is 5.76 Å². The highest BCUT2D eigenvalue weighted by Crippen LogP contribution is 2.10. The van der Waals surface area contributed by atoms with Gasteiger partial charge in [0.05, 0.1) is 5.60 Å². The molecule has 0 saturated carbocycles. The van der Waals surface area contributed by atoms with Gasteiger partial charge in [0, 0.05) is 13.0 Å². The number of carboxylic acid groups (broad SMARTS) is 1. The van der Waals surface area contributed by atoms with E-state index in [-0.39, 0.29) is 17.1 Å². The summed E-state index contributed by atoms with van der Waals surface area (Å²) >= 11 is 0. The van der Waals surface area contributed by atoms with Crippen LogP contribution in [0.15, 0.2) is 9.21 Å². The number of aromatic nitrogens is 1. The minimum absolute atomic E-state index is 0.167. The molecule has 0 radical (unpaired) electrons. The molecule has 1 rings (SSSR count). The van der Waals surface area contributed by atoms with E-state index in [4.69, 9.17) is 14.3 Å². The molecule has 0 aliphatic heterocycles. The van der Waals surface area contributed by atoms with Gasteiger partial charge in [-0.15, -0.1) is 0 Å². The van der Waals surface area contributed by atoms with E-state index in [1.54, 1.807) is 0 Å². The van der Waals surface area contributed by atoms with Crippen LogP contribution in [-0.4, -0.2) is 28.3 Å². The molecule has 0 aliphatic rings. The number of hydrogen-bond acceptors (Lipinski definition) is 4. The van der Waals surface area contributed by atoms with Gasteiger partial charge in [-0.3, -0.25) is 4.98 Å². The number of carboxylic acids is 1. The maximum atomic E-state index is 10.9. The zero-order valence-corrected chi connectivity index (χ0v) is 10.2. The van der Waals surface area contributed by atoms with Crippen molar-refractivity contribution in [1.29, 1.82) is 0 Å². The Morgan fingerprint density at radius 2 is 2.12 bits per heavy atom. The molecule has 2 N–H and O–H groups in total. The van der Waals surface area contributed by atoms with Crippen LogP contribution in [0.2, 0.25) is 0 Å². The third kappa shape index (κ3) is 4.44. The Labute approximate surface area is 98.6 Å². The second-order valence-electron chi connectivity index (χ2n) is 4.68. The van der Waals surface area contributed by atoms with E-state index in [1.165, 1.54) is 0 Å². The molecule has 96 valence electrons. The van der Waals surface area contributed by atoms with Crippen LogP contribution in [0, 0.1) is 0 Å². The first-order chi connectivity index (χ1) is 7.79. The average molecular weight is 243 g/mol. The van der Waals surface area contributed by atoms with Crippen molar-refractivity contribution in [3.63, 3.8) is 0 Å². The van der Waals surface area contributed by atoms with Crippen molar-refractivity contribution in [2.24, 2.45) is 0 Å². The molecular weight excluding hydrogens is 226 g/mol. The van der Waals surface area contributed by atoms with E-state index in [9.17, 15) is 9.59 Å². The number of ether oxygens (including phenoxy) is 1. The monoisotopic (exact) mass is 243 g/mol. The molecule has 17 heavy (non-hydrogen) atoms. The highest BCUT2D eigenvalue weighted by Gasteiger charge is 2.16. The lowest BCUT2D eigenvalue weighted by atomic mass is 10.2. The molecule has 6 heteroatoms. The quantitative estimate of drug-likeness (QED) is 0.763. The van der Waals surface area contributed by atoms with Crippen LogP contribution in [0.5, 0.6) is 0 Å². The van der Waals surface area contributed by atoms with Crippen molar-refractivity contribution in [3.05, 3.63) is 22.0 Å². The molecule has 0 saturated heterocycles. The molecule has 1 heterocycles. The van der Waals surface area contributed by atoms with E-state index in [0.29, 0.717) is 19.4 Å². The molecule has 6 nitrogen and oxygen atoms in total. The molecule has 1 aromatic rings. The maximum Gasteiger partial charge on any atom is 0.417 e. The Kier molecular flexibility index (Phi) is 4.11. The lowest BCUT2D eigenvalue weighted by molar-refractivity contribution is -0.00430. The van der Waals surface area contributed by atoms with Crippen LogP contribution >= 0.6 is 0 Å². The first-order valence-electron chi connectivity index (χ1n) is 5.39. The number of carbonyl (C=O) groups is 1. The third-order valence-electron chi connectivity index (χ3n) is 2.02. The van der Waals surface area contributed by atoms with E-state index in [2.05, 4.69) is 4.98 Å². The Hall–Kier alpha value is -1.56. The fourth-order valence-corrected chi connectivity index (χ4v) is 1.32. The smallest absolute Gasteiger partial charge is 0.417 e. The summed E-state index contributed by atoms with van der Waals surface area (Å²) < 4.78 is 10.2. The van der Waals surface area contributed by atoms with Crippen molar-refractivity contribution >= 4 is 5.97 Å². The van der Waals surface area contributed by atoms with E-state index in [0.717, 1.165) is 0 Å². The second-order valence-corrected chi connectivity index (χ2v) is 4.68. The highest BCUT2D eigenvalue weighted by molar-refractivity contribution is 5.86. The number of rotatable bonds is 5. The molecule has 0 aromatic carbocycles. The van der Waals surface area contributed by atoms with Gasteiger partial charge < -0.3 is 14.3 Å². The summed E-state index contributed by atoms with van der Waals surface area (Å²) in [5, 5.41) is 8.80. The average Bonchev–Trinajstić information content (AvgIpc) is 2.53. The minimum Gasteiger partial charge on any atom is -0.476 e. The molecular formula is C11H17NO5. The number of aromatic carboxylic acids is 1. The van der Waals surface area contributed by atoms with Crippen molar-refractivity contribution < 1.29 is 19.1 Å². The Bertz CT molecular complexity index is 437. The zero-order chi connectivity index (χ0) is 13.1. The Balaban J connectivity index is 2.52. The summed E-state index contributed by atoms with van der Waals surface area (Å²) in [6, 6.07) is 0. The second kappa shape index (κ2) is 5.18. The normalized spacial score (nSPS) is 11.7. The first kappa shape index (κ1) is 13.5. The van der Waals surface area contributed by atoms with Crippen LogP contribution in [0.1, 0.15) is 43.4 Å². The molecule has 0 aliphatic carbocycles. The lowest BCUT2D eigenvalue weighted by Gasteiger charge is -2.19. The summed E-state index contributed by atoms with van der Waals surface area (Å²) in [7, 11) is 0. The fraction of sp³-hybridized carbons (Fsp3) is 0.636. The number of nitrogens with one attached hydrogen (secondary N) is 1. The maximum absolute atomic E-state index is 10.9. The molecule has 0 fully saturated rings. The van der Waals surface area contributed by atoms with Crippen molar-refractivity contribution in [2.75, 3.05) is 6.61 Å². The van der Waals surface area contributed by atoms with Crippen molar-refractivity contribution in [1.82, 2.24) is 4.98 Å². The van der Waals surface area contributed by atoms with Crippen molar-refractivity contribution in [3.8, 4) is 0 Å². The summed E-state index contributed by atoms with van der Waals surface area (Å²) in [4.78, 5) is 23.8. The minimum atomic E-state index is -1.19. The summed E-state index contributed by atoms with van der Waals surface area (Å²) in [6.45, 7) is 6.29. The summed E-state index contributed by atoms with van der Waals surface area (Å²) in [6.07, 6.45) is 0.953. The topological polar surface area (TPSA) is 92.5 Å². The number of hydrogen-bond donors (Lipinski definition) is 2. The first-order valence-corrected chi connectivity index (χ1v) is 5.39. The van der Waals surface area contributed by atoms with Gasteiger partial charge >= 0.3 is 11.7 Å². The number of oxazole rings is 1. The van der Waals surface area contributed by atoms with Crippen LogP contribution in [-0.2, 0) is 11.2 Å². The van der Waals surface area contributed by atoms with Gasteiger partial charge in [0.2, 0.25) is 0 Å². The SMILES string of the molecule is CC(C)(C)OCCCc1oc(=O)[nH]c1C(=O)O. The molecule has 0 spiro atoms. The Morgan fingerprint density at radius 1 is 1.47 bits per heavy atom. The molecule has 0 amide bonds. The third-order valence-corrected chi connectivity index (χ3v) is 2.02. The number of aryl methyl sites for hydroxylation is 1. The molecule has 1 aromatic heterocycles. The molecule has 0 unspecified atom stereocenters. The van der Waals surface area contributed by atoms with Crippen LogP contribution in [0.3, 0.4) is 0 Å². The van der Waals surface area contributed by atoms with Gasteiger partial charge in [-0.25, -0.2) is 9.59 Å². The van der Waals surface area contributed by atoms with Gasteiger partial charge in [-0.05, 0) is 27.2 Å². The number of H-pyrrole nitrogens is 1. The standard InChI is InChI=1S/C11H17NO5/c1-11(2,3)16-6-4-5-7-8(9(13)14)12-10(15)17-7/h4-6H2,1-3H3,(H,12,15)(H,13,14). The van der Waals surface area contributed by atoms with Gasteiger partial charge in [0.15, 0.2) is 5.69 Å². The lowest BCUT2D eigenvalue weighted by Crippen LogP contribution is -2.20. The predicted molar refractivity (Wildman–Crippen MR) is 60.3 cm³/mol. The van der Waals surface area contributed by atoms with Crippen LogP contribution in [0.4, 0.5) is 0 Å². The van der Waals surface area contributed by atoms with E-state index in [1.807, 2.05) is 20.8 Å². The van der Waals surface area contributed by atoms with Gasteiger partial charge in [-0.2, -0.15) is 0 Å². The number of aromatic amines is 1.